The van der Waals surface area contributed by atoms with Gasteiger partial charge in [-0.2, -0.15) is 5.21 Å². The highest BCUT2D eigenvalue weighted by Gasteiger charge is 2.14. The average molecular weight is 300 g/mol. The second kappa shape index (κ2) is 6.14. The predicted octanol–water partition coefficient (Wildman–Crippen LogP) is 0.371. The summed E-state index contributed by atoms with van der Waals surface area (Å²) in [5, 5.41) is 25.0. The van der Waals surface area contributed by atoms with Crippen molar-refractivity contribution in [3.8, 4) is 5.75 Å². The molecular formula is C13H12N6O3. The van der Waals surface area contributed by atoms with Gasteiger partial charge in [-0.15, -0.1) is 5.10 Å². The minimum absolute atomic E-state index is 0.0535. The minimum Gasteiger partial charge on any atom is -0.490 e. The number of H-pyrrole nitrogens is 1. The molecule has 0 atom stereocenters. The number of carbonyl (C=O) groups is 1. The second-order valence-corrected chi connectivity index (χ2v) is 4.28. The maximum atomic E-state index is 12.2. The molecule has 0 bridgehead atoms. The van der Waals surface area contributed by atoms with Crippen LogP contribution in [0.2, 0.25) is 0 Å². The van der Waals surface area contributed by atoms with Crippen LogP contribution in [0.5, 0.6) is 5.75 Å². The highest BCUT2D eigenvalue weighted by atomic mass is 16.5. The van der Waals surface area contributed by atoms with E-state index in [1.54, 1.807) is 6.07 Å². The first kappa shape index (κ1) is 13.9. The zero-order valence-corrected chi connectivity index (χ0v) is 11.4. The van der Waals surface area contributed by atoms with Gasteiger partial charge in [0.15, 0.2) is 0 Å². The number of aromatic nitrogens is 5. The van der Waals surface area contributed by atoms with Crippen molar-refractivity contribution in [1.82, 2.24) is 25.6 Å². The molecule has 0 unspecified atom stereocenters. The molecule has 3 N–H and O–H groups in total. The van der Waals surface area contributed by atoms with Crippen molar-refractivity contribution in [1.29, 1.82) is 0 Å². The Morgan fingerprint density at radius 3 is 3.00 bits per heavy atom. The number of anilines is 1. The number of nitrogens with one attached hydrogen (secondary N) is 2. The molecule has 9 nitrogen and oxygen atoms in total. The number of fused-ring (bicyclic) bond motifs is 1. The molecular weight excluding hydrogens is 288 g/mol. The number of hydrogen-bond acceptors (Lipinski definition) is 7. The van der Waals surface area contributed by atoms with Crippen LogP contribution in [0.1, 0.15) is 10.5 Å². The van der Waals surface area contributed by atoms with Gasteiger partial charge in [0.05, 0.1) is 12.1 Å². The average Bonchev–Trinajstić information content (AvgIpc) is 3.05. The summed E-state index contributed by atoms with van der Waals surface area (Å²) in [4.78, 5) is 16.5. The van der Waals surface area contributed by atoms with Gasteiger partial charge in [-0.25, -0.2) is 4.98 Å². The van der Waals surface area contributed by atoms with Crippen LogP contribution < -0.4 is 10.1 Å². The molecule has 1 aromatic carbocycles. The molecule has 0 spiro atoms. The Labute approximate surface area is 124 Å². The van der Waals surface area contributed by atoms with E-state index in [0.717, 1.165) is 5.39 Å². The third-order valence-corrected chi connectivity index (χ3v) is 2.83. The maximum Gasteiger partial charge on any atom is 0.276 e. The van der Waals surface area contributed by atoms with E-state index in [1.165, 1.54) is 6.07 Å². The van der Waals surface area contributed by atoms with Crippen molar-refractivity contribution in [2.24, 2.45) is 0 Å². The number of hydrogen-bond donors (Lipinski definition) is 3. The molecule has 112 valence electrons. The quantitative estimate of drug-likeness (QED) is 0.621. The lowest BCUT2D eigenvalue weighted by Crippen LogP contribution is -2.15. The van der Waals surface area contributed by atoms with Crippen LogP contribution in [0.25, 0.3) is 10.9 Å². The van der Waals surface area contributed by atoms with Gasteiger partial charge in [0, 0.05) is 11.5 Å². The fourth-order valence-corrected chi connectivity index (χ4v) is 1.92. The molecule has 9 heteroatoms. The van der Waals surface area contributed by atoms with Crippen molar-refractivity contribution in [2.75, 3.05) is 18.5 Å². The number of amides is 1. The summed E-state index contributed by atoms with van der Waals surface area (Å²) < 4.78 is 5.47. The van der Waals surface area contributed by atoms with Gasteiger partial charge in [-0.1, -0.05) is 17.2 Å². The lowest BCUT2D eigenvalue weighted by atomic mass is 10.1. The number of benzene rings is 1. The Morgan fingerprint density at radius 1 is 1.36 bits per heavy atom. The SMILES string of the molecule is O=C(Nc1nn[nH]n1)c1cc(OCCO)c2ccccc2n1. The number of nitrogens with zero attached hydrogens (tertiary/aromatic N) is 4. The molecule has 0 radical (unpaired) electrons. The summed E-state index contributed by atoms with van der Waals surface area (Å²) in [6.07, 6.45) is 0. The Hall–Kier alpha value is -3.07. The fourth-order valence-electron chi connectivity index (χ4n) is 1.92. The van der Waals surface area contributed by atoms with Crippen LogP contribution in [0, 0.1) is 0 Å². The largest absolute Gasteiger partial charge is 0.490 e. The first-order chi connectivity index (χ1) is 10.8. The zero-order valence-electron chi connectivity index (χ0n) is 11.4. The summed E-state index contributed by atoms with van der Waals surface area (Å²) in [7, 11) is 0. The van der Waals surface area contributed by atoms with E-state index in [2.05, 4.69) is 30.9 Å². The summed E-state index contributed by atoms with van der Waals surface area (Å²) in [5.74, 6) is 0.0386. The van der Waals surface area contributed by atoms with Gasteiger partial charge >= 0.3 is 0 Å². The van der Waals surface area contributed by atoms with E-state index in [9.17, 15) is 4.79 Å². The number of rotatable bonds is 5. The molecule has 0 aliphatic heterocycles. The molecule has 3 aromatic rings. The van der Waals surface area contributed by atoms with Gasteiger partial charge in [0.25, 0.3) is 11.9 Å². The number of pyridine rings is 1. The van der Waals surface area contributed by atoms with Gasteiger partial charge in [-0.05, 0) is 17.3 Å². The monoisotopic (exact) mass is 300 g/mol. The first-order valence-electron chi connectivity index (χ1n) is 6.46. The minimum atomic E-state index is -0.485. The lowest BCUT2D eigenvalue weighted by molar-refractivity contribution is 0.102. The lowest BCUT2D eigenvalue weighted by Gasteiger charge is -2.10. The van der Waals surface area contributed by atoms with E-state index in [0.29, 0.717) is 11.3 Å². The predicted molar refractivity (Wildman–Crippen MR) is 76.5 cm³/mol. The van der Waals surface area contributed by atoms with Crippen LogP contribution >= 0.6 is 0 Å². The Morgan fingerprint density at radius 2 is 2.23 bits per heavy atom. The van der Waals surface area contributed by atoms with E-state index < -0.39 is 5.91 Å². The van der Waals surface area contributed by atoms with Crippen LogP contribution in [0.15, 0.2) is 30.3 Å². The standard InChI is InChI=1S/C13H12N6O3/c20-5-6-22-11-7-10(12(21)15-13-16-18-19-17-13)14-9-4-2-1-3-8(9)11/h1-4,7,20H,5-6H2,(H2,15,16,17,18,19,21). The van der Waals surface area contributed by atoms with Gasteiger partial charge < -0.3 is 9.84 Å². The van der Waals surface area contributed by atoms with Crippen LogP contribution in [-0.2, 0) is 0 Å². The Balaban J connectivity index is 1.96. The van der Waals surface area contributed by atoms with Crippen LogP contribution in [0.3, 0.4) is 0 Å². The molecule has 0 aliphatic carbocycles. The van der Waals surface area contributed by atoms with Crippen LogP contribution in [0.4, 0.5) is 5.95 Å². The summed E-state index contributed by atoms with van der Waals surface area (Å²) >= 11 is 0. The van der Waals surface area contributed by atoms with Gasteiger partial charge in [0.1, 0.15) is 18.1 Å². The second-order valence-electron chi connectivity index (χ2n) is 4.28. The van der Waals surface area contributed by atoms with E-state index >= 15 is 0 Å². The normalized spacial score (nSPS) is 10.6. The van der Waals surface area contributed by atoms with Crippen LogP contribution in [-0.4, -0.2) is 49.8 Å². The molecule has 22 heavy (non-hydrogen) atoms. The van der Waals surface area contributed by atoms with Crippen molar-refractivity contribution in [3.63, 3.8) is 0 Å². The van der Waals surface area contributed by atoms with Crippen molar-refractivity contribution >= 4 is 22.8 Å². The molecule has 3 rings (SSSR count). The number of para-hydroxylation sites is 1. The molecule has 0 saturated heterocycles. The van der Waals surface area contributed by atoms with Crippen molar-refractivity contribution < 1.29 is 14.6 Å². The van der Waals surface area contributed by atoms with E-state index in [-0.39, 0.29) is 24.9 Å². The van der Waals surface area contributed by atoms with E-state index in [4.69, 9.17) is 9.84 Å². The summed E-state index contributed by atoms with van der Waals surface area (Å²) in [6, 6.07) is 8.76. The third-order valence-electron chi connectivity index (χ3n) is 2.83. The topological polar surface area (TPSA) is 126 Å². The zero-order chi connectivity index (χ0) is 15.4. The fraction of sp³-hybridized carbons (Fsp3) is 0.154. The number of carbonyl (C=O) groups excluding carboxylic acids is 1. The third kappa shape index (κ3) is 2.83. The highest BCUT2D eigenvalue weighted by molar-refractivity contribution is 6.04. The first-order valence-corrected chi connectivity index (χ1v) is 6.46. The molecule has 0 fully saturated rings. The molecule has 2 heterocycles. The number of aliphatic hydroxyl groups is 1. The van der Waals surface area contributed by atoms with E-state index in [1.807, 2.05) is 18.2 Å². The van der Waals surface area contributed by atoms with Gasteiger partial charge in [0.2, 0.25) is 0 Å². The van der Waals surface area contributed by atoms with Crippen molar-refractivity contribution in [3.05, 3.63) is 36.0 Å². The summed E-state index contributed by atoms with van der Waals surface area (Å²) in [6.45, 7) is 0.000940. The molecule has 2 aromatic heterocycles. The smallest absolute Gasteiger partial charge is 0.276 e. The maximum absolute atomic E-state index is 12.2. The Kier molecular flexibility index (Phi) is 3.88. The van der Waals surface area contributed by atoms with Crippen molar-refractivity contribution in [2.45, 2.75) is 0 Å². The Bertz CT molecular complexity index is 790. The number of aromatic amines is 1. The molecule has 1 amide bonds. The molecule has 0 aliphatic rings. The highest BCUT2D eigenvalue weighted by Crippen LogP contribution is 2.25. The number of ether oxygens (including phenoxy) is 1. The molecule has 0 saturated carbocycles. The van der Waals surface area contributed by atoms with Gasteiger partial charge in [-0.3, -0.25) is 10.1 Å². The number of tetrazole rings is 1. The number of aliphatic hydroxyl groups excluding tert-OH is 1. The summed E-state index contributed by atoms with van der Waals surface area (Å²) in [5.41, 5.74) is 0.757.